The van der Waals surface area contributed by atoms with Crippen LogP contribution >= 0.6 is 0 Å². The maximum atomic E-state index is 12.5. The number of hydrogen-bond donors (Lipinski definition) is 1. The number of hydrogen-bond acceptors (Lipinski definition) is 2. The Hall–Kier alpha value is -1.87. The van der Waals surface area contributed by atoms with Crippen LogP contribution in [0.15, 0.2) is 42.5 Å². The molecule has 1 aliphatic heterocycles. The fourth-order valence-corrected chi connectivity index (χ4v) is 3.15. The summed E-state index contributed by atoms with van der Waals surface area (Å²) in [6.07, 6.45) is 2.04. The van der Waals surface area contributed by atoms with Crippen LogP contribution in [0.25, 0.3) is 10.8 Å². The zero-order chi connectivity index (χ0) is 14.9. The summed E-state index contributed by atoms with van der Waals surface area (Å²) in [6.45, 7) is 3.00. The Morgan fingerprint density at radius 3 is 2.81 bits per heavy atom. The summed E-state index contributed by atoms with van der Waals surface area (Å²) >= 11 is 0. The van der Waals surface area contributed by atoms with Crippen molar-refractivity contribution >= 4 is 16.7 Å². The van der Waals surface area contributed by atoms with E-state index in [-0.39, 0.29) is 5.91 Å². The van der Waals surface area contributed by atoms with Gasteiger partial charge in [-0.15, -0.1) is 0 Å². The molecule has 110 valence electrons. The van der Waals surface area contributed by atoms with Crippen molar-refractivity contribution in [1.82, 2.24) is 4.90 Å². The highest BCUT2D eigenvalue weighted by Crippen LogP contribution is 2.23. The smallest absolute Gasteiger partial charge is 0.227 e. The molecule has 3 heteroatoms. The van der Waals surface area contributed by atoms with Crippen LogP contribution in [-0.4, -0.2) is 34.6 Å². The highest BCUT2D eigenvalue weighted by Gasteiger charge is 2.30. The third kappa shape index (κ3) is 3.08. The van der Waals surface area contributed by atoms with E-state index in [0.29, 0.717) is 13.0 Å². The Kier molecular flexibility index (Phi) is 3.68. The first-order valence-electron chi connectivity index (χ1n) is 7.52. The molecular formula is C18H21NO2. The molecule has 0 saturated carbocycles. The molecule has 1 heterocycles. The lowest BCUT2D eigenvalue weighted by atomic mass is 9.94. The first-order valence-corrected chi connectivity index (χ1v) is 7.52. The molecule has 3 nitrogen and oxygen atoms in total. The minimum atomic E-state index is -0.743. The molecule has 21 heavy (non-hydrogen) atoms. The Labute approximate surface area is 125 Å². The Morgan fingerprint density at radius 1 is 1.24 bits per heavy atom. The Balaban J connectivity index is 1.80. The first kappa shape index (κ1) is 14.1. The molecule has 3 rings (SSSR count). The van der Waals surface area contributed by atoms with Gasteiger partial charge < -0.3 is 10.0 Å². The number of carbonyl (C=O) groups excluding carboxylic acids is 1. The lowest BCUT2D eigenvalue weighted by Crippen LogP contribution is -2.49. The molecule has 1 atom stereocenters. The second-order valence-corrected chi connectivity index (χ2v) is 6.23. The fraction of sp³-hybridized carbons (Fsp3) is 0.389. The van der Waals surface area contributed by atoms with Crippen molar-refractivity contribution in [1.29, 1.82) is 0 Å². The summed E-state index contributed by atoms with van der Waals surface area (Å²) in [5, 5.41) is 12.4. The van der Waals surface area contributed by atoms with E-state index < -0.39 is 5.60 Å². The number of nitrogens with zero attached hydrogens (tertiary/aromatic N) is 1. The third-order valence-corrected chi connectivity index (χ3v) is 4.25. The maximum absolute atomic E-state index is 12.5. The molecule has 2 aromatic rings. The predicted octanol–water partition coefficient (Wildman–Crippen LogP) is 2.76. The van der Waals surface area contributed by atoms with Crippen molar-refractivity contribution in [2.45, 2.75) is 31.8 Å². The van der Waals surface area contributed by atoms with Crippen LogP contribution in [-0.2, 0) is 11.2 Å². The lowest BCUT2D eigenvalue weighted by Gasteiger charge is -2.37. The Morgan fingerprint density at radius 2 is 2.00 bits per heavy atom. The van der Waals surface area contributed by atoms with Gasteiger partial charge in [0.1, 0.15) is 0 Å². The van der Waals surface area contributed by atoms with Gasteiger partial charge in [0.15, 0.2) is 0 Å². The molecule has 0 radical (unpaired) electrons. The molecule has 0 aromatic heterocycles. The average Bonchev–Trinajstić information content (AvgIpc) is 2.46. The van der Waals surface area contributed by atoms with E-state index in [1.807, 2.05) is 31.2 Å². The number of fused-ring (bicyclic) bond motifs is 1. The van der Waals surface area contributed by atoms with E-state index in [1.54, 1.807) is 4.90 Å². The number of rotatable bonds is 2. The number of β-amino-alcohol motifs (C(OH)–C–C–N with tert-alkyl or cyclic N) is 1. The van der Waals surface area contributed by atoms with Crippen LogP contribution < -0.4 is 0 Å². The average molecular weight is 283 g/mol. The van der Waals surface area contributed by atoms with E-state index in [9.17, 15) is 9.90 Å². The molecule has 2 aromatic carbocycles. The van der Waals surface area contributed by atoms with Gasteiger partial charge in [0.2, 0.25) is 5.91 Å². The van der Waals surface area contributed by atoms with Crippen LogP contribution in [0.5, 0.6) is 0 Å². The van der Waals surface area contributed by atoms with Crippen molar-refractivity contribution < 1.29 is 9.90 Å². The van der Waals surface area contributed by atoms with E-state index in [1.165, 1.54) is 0 Å². The topological polar surface area (TPSA) is 40.5 Å². The lowest BCUT2D eigenvalue weighted by molar-refractivity contribution is -0.136. The molecule has 0 spiro atoms. The van der Waals surface area contributed by atoms with Gasteiger partial charge in [0, 0.05) is 13.1 Å². The maximum Gasteiger partial charge on any atom is 0.227 e. The summed E-state index contributed by atoms with van der Waals surface area (Å²) < 4.78 is 0. The largest absolute Gasteiger partial charge is 0.388 e. The van der Waals surface area contributed by atoms with Gasteiger partial charge in [-0.05, 0) is 36.1 Å². The van der Waals surface area contributed by atoms with Gasteiger partial charge >= 0.3 is 0 Å². The van der Waals surface area contributed by atoms with E-state index in [2.05, 4.69) is 18.2 Å². The SMILES string of the molecule is CC1(O)CCCN(C(=O)Cc2cccc3ccccc23)C1. The molecule has 1 amide bonds. The summed E-state index contributed by atoms with van der Waals surface area (Å²) in [7, 11) is 0. The van der Waals surface area contributed by atoms with Crippen LogP contribution in [0.4, 0.5) is 0 Å². The van der Waals surface area contributed by atoms with Crippen LogP contribution in [0.1, 0.15) is 25.3 Å². The van der Waals surface area contributed by atoms with Gasteiger partial charge in [-0.1, -0.05) is 42.5 Å². The van der Waals surface area contributed by atoms with Crippen molar-refractivity contribution in [3.8, 4) is 0 Å². The van der Waals surface area contributed by atoms with E-state index in [4.69, 9.17) is 0 Å². The summed E-state index contributed by atoms with van der Waals surface area (Å²) in [5.41, 5.74) is 0.315. The highest BCUT2D eigenvalue weighted by molar-refractivity contribution is 5.90. The second kappa shape index (κ2) is 5.49. The highest BCUT2D eigenvalue weighted by atomic mass is 16.3. The molecular weight excluding hydrogens is 262 g/mol. The molecule has 1 aliphatic rings. The minimum Gasteiger partial charge on any atom is -0.388 e. The number of likely N-dealkylation sites (tertiary alicyclic amines) is 1. The molecule has 1 N–H and O–H groups in total. The van der Waals surface area contributed by atoms with Gasteiger partial charge in [-0.25, -0.2) is 0 Å². The van der Waals surface area contributed by atoms with Gasteiger partial charge in [0.25, 0.3) is 0 Å². The zero-order valence-corrected chi connectivity index (χ0v) is 12.4. The zero-order valence-electron chi connectivity index (χ0n) is 12.4. The quantitative estimate of drug-likeness (QED) is 0.920. The predicted molar refractivity (Wildman–Crippen MR) is 84.1 cm³/mol. The van der Waals surface area contributed by atoms with Crippen molar-refractivity contribution in [2.75, 3.05) is 13.1 Å². The molecule has 1 fully saturated rings. The van der Waals surface area contributed by atoms with E-state index in [0.717, 1.165) is 35.7 Å². The summed E-state index contributed by atoms with van der Waals surface area (Å²) in [5.74, 6) is 0.103. The minimum absolute atomic E-state index is 0.103. The van der Waals surface area contributed by atoms with Crippen molar-refractivity contribution in [3.63, 3.8) is 0 Å². The van der Waals surface area contributed by atoms with E-state index >= 15 is 0 Å². The fourth-order valence-electron chi connectivity index (χ4n) is 3.15. The van der Waals surface area contributed by atoms with Crippen LogP contribution in [0, 0.1) is 0 Å². The van der Waals surface area contributed by atoms with Gasteiger partial charge in [-0.3, -0.25) is 4.79 Å². The van der Waals surface area contributed by atoms with Crippen LogP contribution in [0.3, 0.4) is 0 Å². The molecule has 1 unspecified atom stereocenters. The second-order valence-electron chi connectivity index (χ2n) is 6.23. The number of amides is 1. The molecule has 1 saturated heterocycles. The third-order valence-electron chi connectivity index (χ3n) is 4.25. The van der Waals surface area contributed by atoms with Gasteiger partial charge in [0.05, 0.1) is 12.0 Å². The normalized spacial score (nSPS) is 22.5. The number of aliphatic hydroxyl groups is 1. The van der Waals surface area contributed by atoms with Crippen molar-refractivity contribution in [3.05, 3.63) is 48.0 Å². The number of carbonyl (C=O) groups is 1. The first-order chi connectivity index (χ1) is 10.1. The Bertz CT molecular complexity index is 658. The van der Waals surface area contributed by atoms with Gasteiger partial charge in [-0.2, -0.15) is 0 Å². The summed E-state index contributed by atoms with van der Waals surface area (Å²) in [6, 6.07) is 14.2. The number of benzene rings is 2. The standard InChI is InChI=1S/C18H21NO2/c1-18(21)10-5-11-19(13-18)17(20)12-15-8-4-7-14-6-2-3-9-16(14)15/h2-4,6-9,21H,5,10-13H2,1H3. The molecule has 0 aliphatic carbocycles. The number of piperidine rings is 1. The monoisotopic (exact) mass is 283 g/mol. The van der Waals surface area contributed by atoms with Crippen molar-refractivity contribution in [2.24, 2.45) is 0 Å². The molecule has 0 bridgehead atoms. The summed E-state index contributed by atoms with van der Waals surface area (Å²) in [4.78, 5) is 14.3. The van der Waals surface area contributed by atoms with Crippen LogP contribution in [0.2, 0.25) is 0 Å².